The van der Waals surface area contributed by atoms with Gasteiger partial charge < -0.3 is 19.5 Å². The van der Waals surface area contributed by atoms with Crippen molar-refractivity contribution < 1.29 is 19.0 Å². The van der Waals surface area contributed by atoms with Crippen LogP contribution in [-0.4, -0.2) is 32.2 Å². The quantitative estimate of drug-likeness (QED) is 0.939. The van der Waals surface area contributed by atoms with Crippen LogP contribution in [0.3, 0.4) is 0 Å². The zero-order valence-electron chi connectivity index (χ0n) is 13.3. The number of anilines is 1. The van der Waals surface area contributed by atoms with E-state index in [1.54, 1.807) is 39.8 Å². The van der Waals surface area contributed by atoms with E-state index < -0.39 is 0 Å². The average Bonchev–Trinajstić information content (AvgIpc) is 2.59. The lowest BCUT2D eigenvalue weighted by Gasteiger charge is -2.29. The molecule has 0 spiro atoms. The molecule has 1 aliphatic heterocycles. The fourth-order valence-electron chi connectivity index (χ4n) is 3.00. The summed E-state index contributed by atoms with van der Waals surface area (Å²) >= 11 is 0. The van der Waals surface area contributed by atoms with Crippen molar-refractivity contribution in [2.45, 2.75) is 12.3 Å². The van der Waals surface area contributed by atoms with Crippen LogP contribution in [0, 0.1) is 0 Å². The summed E-state index contributed by atoms with van der Waals surface area (Å²) in [6.45, 7) is 0. The lowest BCUT2D eigenvalue weighted by molar-refractivity contribution is -0.116. The first-order chi connectivity index (χ1) is 11.2. The van der Waals surface area contributed by atoms with Crippen LogP contribution in [0.2, 0.25) is 0 Å². The lowest BCUT2D eigenvalue weighted by atomic mass is 9.84. The Bertz CT molecular complexity index is 731. The number of ether oxygens (including phenoxy) is 3. The fraction of sp³-hybridized carbons (Fsp3) is 0.294. The molecule has 0 unspecified atom stereocenters. The second-order valence-electron chi connectivity index (χ2n) is 5.19. The Balaban J connectivity index is 2.25. The van der Waals surface area contributed by atoms with Crippen molar-refractivity contribution in [2.75, 3.05) is 26.6 Å². The highest BCUT2D eigenvalue weighted by Crippen LogP contribution is 2.50. The highest BCUT2D eigenvalue weighted by molar-refractivity contribution is 5.97. The summed E-state index contributed by atoms with van der Waals surface area (Å²) in [6.07, 6.45) is 3.77. The number of fused-ring (bicyclic) bond motifs is 1. The predicted molar refractivity (Wildman–Crippen MR) is 85.4 cm³/mol. The maximum absolute atomic E-state index is 12.1. The molecule has 6 heteroatoms. The van der Waals surface area contributed by atoms with E-state index in [0.29, 0.717) is 29.4 Å². The zero-order chi connectivity index (χ0) is 16.4. The summed E-state index contributed by atoms with van der Waals surface area (Å²) < 4.78 is 16.4. The van der Waals surface area contributed by atoms with Gasteiger partial charge in [0, 0.05) is 36.4 Å². The van der Waals surface area contributed by atoms with Crippen LogP contribution in [0.15, 0.2) is 30.6 Å². The SMILES string of the molecule is COc1cc2c(c(OC)c1OC)[C@H](c1ccncc1)CC(=O)N2. The van der Waals surface area contributed by atoms with E-state index in [2.05, 4.69) is 10.3 Å². The Kier molecular flexibility index (Phi) is 4.06. The number of hydrogen-bond acceptors (Lipinski definition) is 5. The van der Waals surface area contributed by atoms with Gasteiger partial charge in [-0.25, -0.2) is 0 Å². The van der Waals surface area contributed by atoms with E-state index in [1.165, 1.54) is 0 Å². The molecule has 2 heterocycles. The first-order valence-corrected chi connectivity index (χ1v) is 7.22. The largest absolute Gasteiger partial charge is 0.493 e. The van der Waals surface area contributed by atoms with E-state index in [9.17, 15) is 4.79 Å². The molecule has 6 nitrogen and oxygen atoms in total. The standard InChI is InChI=1S/C17H18N2O4/c1-21-13-9-12-15(17(23-3)16(13)22-2)11(8-14(20)19-12)10-4-6-18-7-5-10/h4-7,9,11H,8H2,1-3H3,(H,19,20)/t11-/m0/s1. The van der Waals surface area contributed by atoms with E-state index in [0.717, 1.165) is 11.1 Å². The molecule has 23 heavy (non-hydrogen) atoms. The molecule has 1 aromatic heterocycles. The van der Waals surface area contributed by atoms with Crippen LogP contribution in [0.4, 0.5) is 5.69 Å². The first-order valence-electron chi connectivity index (χ1n) is 7.22. The topological polar surface area (TPSA) is 69.7 Å². The van der Waals surface area contributed by atoms with Crippen LogP contribution >= 0.6 is 0 Å². The minimum atomic E-state index is -0.128. The van der Waals surface area contributed by atoms with Crippen LogP contribution < -0.4 is 19.5 Å². The molecular formula is C17H18N2O4. The maximum Gasteiger partial charge on any atom is 0.225 e. The van der Waals surface area contributed by atoms with Crippen LogP contribution in [-0.2, 0) is 4.79 Å². The Labute approximate surface area is 134 Å². The Hall–Kier alpha value is -2.76. The van der Waals surface area contributed by atoms with E-state index in [4.69, 9.17) is 14.2 Å². The number of aromatic nitrogens is 1. The highest BCUT2D eigenvalue weighted by Gasteiger charge is 2.33. The molecule has 2 aromatic rings. The molecule has 1 amide bonds. The number of methoxy groups -OCH3 is 3. The molecule has 1 aliphatic rings. The molecule has 0 saturated carbocycles. The number of rotatable bonds is 4. The number of pyridine rings is 1. The van der Waals surface area contributed by atoms with E-state index in [1.807, 2.05) is 12.1 Å². The fourth-order valence-corrected chi connectivity index (χ4v) is 3.00. The Morgan fingerprint density at radius 2 is 1.78 bits per heavy atom. The van der Waals surface area contributed by atoms with Crippen molar-refractivity contribution in [3.8, 4) is 17.2 Å². The Morgan fingerprint density at radius 1 is 1.09 bits per heavy atom. The number of carbonyl (C=O) groups excluding carboxylic acids is 1. The monoisotopic (exact) mass is 314 g/mol. The summed E-state index contributed by atoms with van der Waals surface area (Å²) in [5.41, 5.74) is 2.56. The summed E-state index contributed by atoms with van der Waals surface area (Å²) in [5.74, 6) is 1.43. The van der Waals surface area contributed by atoms with Crippen LogP contribution in [0.5, 0.6) is 17.2 Å². The van der Waals surface area contributed by atoms with Crippen molar-refractivity contribution in [1.82, 2.24) is 4.98 Å². The van der Waals surface area contributed by atoms with Gasteiger partial charge in [-0.15, -0.1) is 0 Å². The summed E-state index contributed by atoms with van der Waals surface area (Å²) in [7, 11) is 4.70. The minimum Gasteiger partial charge on any atom is -0.493 e. The molecule has 1 aromatic carbocycles. The zero-order valence-corrected chi connectivity index (χ0v) is 13.3. The molecule has 1 N–H and O–H groups in total. The van der Waals surface area contributed by atoms with Crippen molar-refractivity contribution in [3.05, 3.63) is 41.7 Å². The van der Waals surface area contributed by atoms with Gasteiger partial charge in [-0.3, -0.25) is 9.78 Å². The third-order valence-corrected chi connectivity index (χ3v) is 3.99. The van der Waals surface area contributed by atoms with Gasteiger partial charge in [0.1, 0.15) is 0 Å². The van der Waals surface area contributed by atoms with E-state index in [-0.39, 0.29) is 11.8 Å². The number of nitrogens with one attached hydrogen (secondary N) is 1. The molecule has 1 atom stereocenters. The summed E-state index contributed by atoms with van der Waals surface area (Å²) in [4.78, 5) is 16.2. The van der Waals surface area contributed by atoms with Gasteiger partial charge in [-0.2, -0.15) is 0 Å². The average molecular weight is 314 g/mol. The van der Waals surface area contributed by atoms with Gasteiger partial charge in [-0.1, -0.05) is 0 Å². The van der Waals surface area contributed by atoms with E-state index >= 15 is 0 Å². The van der Waals surface area contributed by atoms with Gasteiger partial charge >= 0.3 is 0 Å². The number of benzene rings is 1. The minimum absolute atomic E-state index is 0.0476. The van der Waals surface area contributed by atoms with Gasteiger partial charge in [0.2, 0.25) is 11.7 Å². The van der Waals surface area contributed by atoms with Crippen molar-refractivity contribution in [3.63, 3.8) is 0 Å². The predicted octanol–water partition coefficient (Wildman–Crippen LogP) is 2.58. The van der Waals surface area contributed by atoms with Gasteiger partial charge in [0.15, 0.2) is 11.5 Å². The van der Waals surface area contributed by atoms with Gasteiger partial charge in [-0.05, 0) is 17.7 Å². The number of amides is 1. The Morgan fingerprint density at radius 3 is 2.39 bits per heavy atom. The molecule has 0 bridgehead atoms. The van der Waals surface area contributed by atoms with Crippen LogP contribution in [0.25, 0.3) is 0 Å². The normalized spacial score (nSPS) is 16.3. The molecule has 120 valence electrons. The third kappa shape index (κ3) is 2.56. The van der Waals surface area contributed by atoms with Gasteiger partial charge in [0.25, 0.3) is 0 Å². The second-order valence-corrected chi connectivity index (χ2v) is 5.19. The number of nitrogens with zero attached hydrogens (tertiary/aromatic N) is 1. The highest BCUT2D eigenvalue weighted by atomic mass is 16.5. The molecule has 0 fully saturated rings. The molecular weight excluding hydrogens is 296 g/mol. The molecule has 0 radical (unpaired) electrons. The van der Waals surface area contributed by atoms with Crippen molar-refractivity contribution in [2.24, 2.45) is 0 Å². The second kappa shape index (κ2) is 6.16. The number of carbonyl (C=O) groups is 1. The summed E-state index contributed by atoms with van der Waals surface area (Å²) in [6, 6.07) is 5.58. The van der Waals surface area contributed by atoms with Crippen LogP contribution in [0.1, 0.15) is 23.5 Å². The van der Waals surface area contributed by atoms with Crippen molar-refractivity contribution >= 4 is 11.6 Å². The molecule has 0 aliphatic carbocycles. The third-order valence-electron chi connectivity index (χ3n) is 3.99. The van der Waals surface area contributed by atoms with Crippen molar-refractivity contribution in [1.29, 1.82) is 0 Å². The van der Waals surface area contributed by atoms with Gasteiger partial charge in [0.05, 0.1) is 27.0 Å². The number of hydrogen-bond donors (Lipinski definition) is 1. The molecule has 0 saturated heterocycles. The summed E-state index contributed by atoms with van der Waals surface area (Å²) in [5, 5.41) is 2.89. The lowest BCUT2D eigenvalue weighted by Crippen LogP contribution is -2.24. The first kappa shape index (κ1) is 15.1. The molecule has 3 rings (SSSR count). The smallest absolute Gasteiger partial charge is 0.225 e. The maximum atomic E-state index is 12.1.